The monoisotopic (exact) mass is 242 g/mol. The number of aromatic nitrogens is 2. The number of hydrogen-bond acceptors (Lipinski definition) is 5. The zero-order chi connectivity index (χ0) is 12.1. The number of nitrogen functional groups attached to an aromatic ring is 1. The zero-order valence-corrected chi connectivity index (χ0v) is 9.95. The van der Waals surface area contributed by atoms with E-state index in [2.05, 4.69) is 15.3 Å². The van der Waals surface area contributed by atoms with Gasteiger partial charge >= 0.3 is 0 Å². The second kappa shape index (κ2) is 5.55. The molecule has 6 nitrogen and oxygen atoms in total. The van der Waals surface area contributed by atoms with Crippen molar-refractivity contribution in [2.75, 3.05) is 17.7 Å². The first-order valence-corrected chi connectivity index (χ1v) is 6.40. The summed E-state index contributed by atoms with van der Waals surface area (Å²) >= 11 is 0. The maximum Gasteiger partial charge on any atom is 0.271 e. The third-order valence-corrected chi connectivity index (χ3v) is 2.74. The molecule has 2 atom stereocenters. The van der Waals surface area contributed by atoms with Crippen molar-refractivity contribution >= 4 is 22.5 Å². The first kappa shape index (κ1) is 12.6. The molecular weight excluding hydrogens is 228 g/mol. The highest BCUT2D eigenvalue weighted by Crippen LogP contribution is 1.97. The van der Waals surface area contributed by atoms with Crippen molar-refractivity contribution in [2.24, 2.45) is 0 Å². The lowest BCUT2D eigenvalue weighted by molar-refractivity contribution is 0.0938. The molecule has 0 aromatic carbocycles. The van der Waals surface area contributed by atoms with Gasteiger partial charge in [-0.05, 0) is 6.92 Å². The Balaban J connectivity index is 2.58. The Bertz CT molecular complexity index is 393. The molecule has 0 spiro atoms. The van der Waals surface area contributed by atoms with Crippen molar-refractivity contribution in [3.8, 4) is 0 Å². The Morgan fingerprint density at radius 2 is 2.25 bits per heavy atom. The van der Waals surface area contributed by atoms with Gasteiger partial charge in [-0.15, -0.1) is 0 Å². The van der Waals surface area contributed by atoms with Crippen LogP contribution in [0.25, 0.3) is 0 Å². The van der Waals surface area contributed by atoms with Crippen molar-refractivity contribution in [1.82, 2.24) is 15.3 Å². The van der Waals surface area contributed by atoms with Crippen molar-refractivity contribution in [2.45, 2.75) is 13.0 Å². The van der Waals surface area contributed by atoms with Crippen molar-refractivity contribution in [1.29, 1.82) is 0 Å². The minimum absolute atomic E-state index is 0.169. The molecule has 1 aromatic heterocycles. The van der Waals surface area contributed by atoms with E-state index in [4.69, 9.17) is 5.73 Å². The summed E-state index contributed by atoms with van der Waals surface area (Å²) in [6.45, 7) is 1.78. The molecule has 1 heterocycles. The maximum absolute atomic E-state index is 11.6. The second-order valence-electron chi connectivity index (χ2n) is 3.44. The first-order chi connectivity index (χ1) is 7.49. The standard InChI is InChI=1S/C9H14N4O2S/c1-6(5-16(2)15)13-9(14)7-3-12-8(10)4-11-7/h3-4,6H,5H2,1-2H3,(H2,10,12)(H,13,14). The molecule has 0 saturated carbocycles. The molecule has 0 aliphatic heterocycles. The van der Waals surface area contributed by atoms with Gasteiger partial charge in [0, 0.05) is 28.9 Å². The van der Waals surface area contributed by atoms with Gasteiger partial charge in [-0.25, -0.2) is 9.97 Å². The SMILES string of the molecule is CC(CS(C)=O)NC(=O)c1cnc(N)cn1. The minimum atomic E-state index is -0.943. The summed E-state index contributed by atoms with van der Waals surface area (Å²) in [5.74, 6) is 0.332. The molecule has 0 radical (unpaired) electrons. The van der Waals surface area contributed by atoms with Crippen LogP contribution in [0, 0.1) is 0 Å². The zero-order valence-electron chi connectivity index (χ0n) is 9.14. The van der Waals surface area contributed by atoms with E-state index >= 15 is 0 Å². The summed E-state index contributed by atoms with van der Waals surface area (Å²) in [6.07, 6.45) is 4.21. The smallest absolute Gasteiger partial charge is 0.271 e. The molecule has 1 amide bonds. The van der Waals surface area contributed by atoms with E-state index in [-0.39, 0.29) is 23.5 Å². The van der Waals surface area contributed by atoms with Crippen molar-refractivity contribution < 1.29 is 9.00 Å². The molecule has 2 unspecified atom stereocenters. The van der Waals surface area contributed by atoms with E-state index in [1.54, 1.807) is 13.2 Å². The lowest BCUT2D eigenvalue weighted by Gasteiger charge is -2.11. The number of nitrogens with two attached hydrogens (primary N) is 1. The molecule has 1 aromatic rings. The third kappa shape index (κ3) is 3.93. The molecule has 0 saturated heterocycles. The van der Waals surface area contributed by atoms with E-state index in [1.165, 1.54) is 12.4 Å². The molecular formula is C9H14N4O2S. The number of carbonyl (C=O) groups is 1. The number of amides is 1. The van der Waals surface area contributed by atoms with E-state index in [0.29, 0.717) is 5.75 Å². The van der Waals surface area contributed by atoms with Crippen LogP contribution in [0.3, 0.4) is 0 Å². The molecule has 0 fully saturated rings. The number of rotatable bonds is 4. The molecule has 88 valence electrons. The van der Waals surface area contributed by atoms with E-state index in [9.17, 15) is 9.00 Å². The number of nitrogens with one attached hydrogen (secondary N) is 1. The predicted octanol–water partition coefficient (Wildman–Crippen LogP) is -0.444. The molecule has 0 aliphatic carbocycles. The molecule has 3 N–H and O–H groups in total. The van der Waals surface area contributed by atoms with Gasteiger partial charge in [-0.2, -0.15) is 0 Å². The van der Waals surface area contributed by atoms with Crippen molar-refractivity contribution in [3.63, 3.8) is 0 Å². The van der Waals surface area contributed by atoms with Crippen LogP contribution in [0.1, 0.15) is 17.4 Å². The van der Waals surface area contributed by atoms with Crippen molar-refractivity contribution in [3.05, 3.63) is 18.1 Å². The Labute approximate surface area is 96.1 Å². The van der Waals surface area contributed by atoms with Gasteiger partial charge in [-0.1, -0.05) is 0 Å². The largest absolute Gasteiger partial charge is 0.382 e. The van der Waals surface area contributed by atoms with Crippen LogP contribution in [-0.4, -0.2) is 38.1 Å². The Hall–Kier alpha value is -1.50. The van der Waals surface area contributed by atoms with Crippen LogP contribution in [0.2, 0.25) is 0 Å². The van der Waals surface area contributed by atoms with Crippen LogP contribution >= 0.6 is 0 Å². The number of carbonyl (C=O) groups excluding carboxylic acids is 1. The number of hydrogen-bond donors (Lipinski definition) is 2. The lowest BCUT2D eigenvalue weighted by Crippen LogP contribution is -2.36. The van der Waals surface area contributed by atoms with Gasteiger partial charge in [0.25, 0.3) is 5.91 Å². The highest BCUT2D eigenvalue weighted by atomic mass is 32.2. The molecule has 16 heavy (non-hydrogen) atoms. The van der Waals surface area contributed by atoms with Gasteiger partial charge in [0.1, 0.15) is 11.5 Å². The Morgan fingerprint density at radius 1 is 1.56 bits per heavy atom. The first-order valence-electron chi connectivity index (χ1n) is 4.67. The van der Waals surface area contributed by atoms with E-state index < -0.39 is 10.8 Å². The molecule has 0 bridgehead atoms. The van der Waals surface area contributed by atoms with Crippen LogP contribution in [-0.2, 0) is 10.8 Å². The second-order valence-corrected chi connectivity index (χ2v) is 4.92. The Morgan fingerprint density at radius 3 is 2.75 bits per heavy atom. The fourth-order valence-electron chi connectivity index (χ4n) is 1.15. The Kier molecular flexibility index (Phi) is 4.36. The minimum Gasteiger partial charge on any atom is -0.382 e. The quantitative estimate of drug-likeness (QED) is 0.745. The van der Waals surface area contributed by atoms with Crippen LogP contribution in [0.5, 0.6) is 0 Å². The van der Waals surface area contributed by atoms with Crippen LogP contribution in [0.4, 0.5) is 5.82 Å². The lowest BCUT2D eigenvalue weighted by atomic mass is 10.3. The fraction of sp³-hybridized carbons (Fsp3) is 0.444. The summed E-state index contributed by atoms with van der Waals surface area (Å²) in [4.78, 5) is 19.2. The van der Waals surface area contributed by atoms with Crippen LogP contribution < -0.4 is 11.1 Å². The predicted molar refractivity (Wildman–Crippen MR) is 62.3 cm³/mol. The van der Waals surface area contributed by atoms with E-state index in [0.717, 1.165) is 0 Å². The summed E-state index contributed by atoms with van der Waals surface area (Å²) in [6, 6.07) is -0.169. The van der Waals surface area contributed by atoms with Crippen LogP contribution in [0.15, 0.2) is 12.4 Å². The topological polar surface area (TPSA) is 98.0 Å². The summed E-state index contributed by atoms with van der Waals surface area (Å²) in [7, 11) is -0.943. The molecule has 1 rings (SSSR count). The normalized spacial score (nSPS) is 14.1. The van der Waals surface area contributed by atoms with Gasteiger partial charge in [0.2, 0.25) is 0 Å². The average molecular weight is 242 g/mol. The van der Waals surface area contributed by atoms with Gasteiger partial charge in [-0.3, -0.25) is 9.00 Å². The molecule has 7 heteroatoms. The highest BCUT2D eigenvalue weighted by Gasteiger charge is 2.12. The van der Waals surface area contributed by atoms with Gasteiger partial charge in [0.15, 0.2) is 0 Å². The van der Waals surface area contributed by atoms with Gasteiger partial charge in [0.05, 0.1) is 12.4 Å². The highest BCUT2D eigenvalue weighted by molar-refractivity contribution is 7.84. The summed E-state index contributed by atoms with van der Waals surface area (Å²) in [5, 5.41) is 2.67. The maximum atomic E-state index is 11.6. The van der Waals surface area contributed by atoms with E-state index in [1.807, 2.05) is 0 Å². The summed E-state index contributed by atoms with van der Waals surface area (Å²) < 4.78 is 10.9. The average Bonchev–Trinajstić information content (AvgIpc) is 2.16. The van der Waals surface area contributed by atoms with Gasteiger partial charge < -0.3 is 11.1 Å². The third-order valence-electron chi connectivity index (χ3n) is 1.77. The molecule has 0 aliphatic rings. The summed E-state index contributed by atoms with van der Waals surface area (Å²) in [5.41, 5.74) is 5.55. The number of nitrogens with zero attached hydrogens (tertiary/aromatic N) is 2. The fourth-order valence-corrected chi connectivity index (χ4v) is 1.93. The number of anilines is 1.